The number of carbonyl (C=O) groups is 2. The number of aliphatic carboxylic acids is 1. The zero-order valence-electron chi connectivity index (χ0n) is 12.9. The Morgan fingerprint density at radius 2 is 1.81 bits per heavy atom. The van der Waals surface area contributed by atoms with Gasteiger partial charge in [-0.15, -0.1) is 0 Å². The van der Waals surface area contributed by atoms with E-state index in [2.05, 4.69) is 26.0 Å². The van der Waals surface area contributed by atoms with E-state index in [-0.39, 0.29) is 5.91 Å². The number of carbonyl (C=O) groups excluding carboxylic acids is 1. The molecule has 1 aliphatic rings. The van der Waals surface area contributed by atoms with E-state index in [0.29, 0.717) is 18.9 Å². The van der Waals surface area contributed by atoms with Crippen molar-refractivity contribution in [1.29, 1.82) is 0 Å². The third-order valence-corrected chi connectivity index (χ3v) is 3.54. The first-order chi connectivity index (χ1) is 9.82. The third kappa shape index (κ3) is 5.10. The molecule has 1 unspecified atom stereocenters. The van der Waals surface area contributed by atoms with Crippen LogP contribution in [0.5, 0.6) is 0 Å². The van der Waals surface area contributed by atoms with Crippen molar-refractivity contribution in [2.75, 3.05) is 12.3 Å². The second-order valence-corrected chi connectivity index (χ2v) is 5.53. The summed E-state index contributed by atoms with van der Waals surface area (Å²) in [5.74, 6) is -0.374. The van der Waals surface area contributed by atoms with Crippen LogP contribution in [0.15, 0.2) is 24.3 Å². The Kier molecular flexibility index (Phi) is 6.21. The number of nitrogen functional groups attached to an aromatic ring is 1. The lowest BCUT2D eigenvalue weighted by molar-refractivity contribution is -0.147. The predicted octanol–water partition coefficient (Wildman–Crippen LogP) is 2.47. The van der Waals surface area contributed by atoms with Crippen molar-refractivity contribution in [3.8, 4) is 0 Å². The molecule has 1 atom stereocenters. The van der Waals surface area contributed by atoms with Gasteiger partial charge in [0.25, 0.3) is 0 Å². The number of carboxylic acid groups (broad SMARTS) is 1. The average molecular weight is 292 g/mol. The molecule has 1 fully saturated rings. The summed E-state index contributed by atoms with van der Waals surface area (Å²) in [5.41, 5.74) is 7.71. The van der Waals surface area contributed by atoms with Crippen LogP contribution in [0.4, 0.5) is 5.69 Å². The number of hydrogen-bond donors (Lipinski definition) is 2. The molecule has 2 rings (SSSR count). The lowest BCUT2D eigenvalue weighted by Crippen LogP contribution is -2.39. The van der Waals surface area contributed by atoms with Crippen LogP contribution in [-0.2, 0) is 9.59 Å². The Morgan fingerprint density at radius 3 is 2.19 bits per heavy atom. The zero-order chi connectivity index (χ0) is 16.0. The monoisotopic (exact) mass is 292 g/mol. The minimum Gasteiger partial charge on any atom is -0.480 e. The highest BCUT2D eigenvalue weighted by Gasteiger charge is 2.28. The predicted molar refractivity (Wildman–Crippen MR) is 83.0 cm³/mol. The first-order valence-corrected chi connectivity index (χ1v) is 7.20. The molecule has 5 heteroatoms. The maximum absolute atomic E-state index is 11.0. The molecule has 1 heterocycles. The minimum atomic E-state index is -0.930. The number of amides is 1. The number of hydrogen-bond acceptors (Lipinski definition) is 3. The van der Waals surface area contributed by atoms with E-state index in [4.69, 9.17) is 10.8 Å². The van der Waals surface area contributed by atoms with Crippen molar-refractivity contribution < 1.29 is 14.7 Å². The van der Waals surface area contributed by atoms with Gasteiger partial charge in [-0.05, 0) is 37.0 Å². The molecule has 0 saturated carbocycles. The van der Waals surface area contributed by atoms with Gasteiger partial charge < -0.3 is 15.7 Å². The molecule has 1 aromatic carbocycles. The number of carboxylic acids is 1. The highest BCUT2D eigenvalue weighted by atomic mass is 16.4. The Bertz CT molecular complexity index is 483. The van der Waals surface area contributed by atoms with E-state index in [9.17, 15) is 9.59 Å². The van der Waals surface area contributed by atoms with Crippen molar-refractivity contribution in [3.05, 3.63) is 29.8 Å². The highest BCUT2D eigenvalue weighted by Crippen LogP contribution is 2.15. The van der Waals surface area contributed by atoms with Gasteiger partial charge in [0.2, 0.25) is 5.91 Å². The average Bonchev–Trinajstić information content (AvgIpc) is 2.85. The molecule has 1 saturated heterocycles. The summed E-state index contributed by atoms with van der Waals surface area (Å²) in [7, 11) is 0. The molecule has 1 aliphatic heterocycles. The quantitative estimate of drug-likeness (QED) is 0.838. The number of anilines is 1. The lowest BCUT2D eigenvalue weighted by Gasteiger charge is -2.19. The van der Waals surface area contributed by atoms with Crippen molar-refractivity contribution in [2.45, 2.75) is 45.6 Å². The molecule has 1 amide bonds. The fourth-order valence-electron chi connectivity index (χ4n) is 2.09. The second kappa shape index (κ2) is 7.67. The topological polar surface area (TPSA) is 83.6 Å². The van der Waals surface area contributed by atoms with Gasteiger partial charge in [-0.1, -0.05) is 26.0 Å². The maximum Gasteiger partial charge on any atom is 0.326 e. The van der Waals surface area contributed by atoms with Crippen LogP contribution >= 0.6 is 0 Å². The highest BCUT2D eigenvalue weighted by molar-refractivity contribution is 5.84. The van der Waals surface area contributed by atoms with Gasteiger partial charge in [0.1, 0.15) is 6.04 Å². The normalized spacial score (nSPS) is 15.6. The van der Waals surface area contributed by atoms with E-state index in [1.54, 1.807) is 0 Å². The molecule has 5 nitrogen and oxygen atoms in total. The standard InChI is InChI=1S/C9H13N.C7H11NO3/c1-7(2)8-3-5-9(10)6-4-8;1-5(7(10)11)8-4-2-3-6(8)9/h3-7H,10H2,1-2H3;5H,2-4H2,1H3,(H,10,11). The van der Waals surface area contributed by atoms with Gasteiger partial charge in [-0.2, -0.15) is 0 Å². The van der Waals surface area contributed by atoms with Crippen molar-refractivity contribution in [2.24, 2.45) is 0 Å². The van der Waals surface area contributed by atoms with Crippen LogP contribution < -0.4 is 5.73 Å². The largest absolute Gasteiger partial charge is 0.480 e. The third-order valence-electron chi connectivity index (χ3n) is 3.54. The SMILES string of the molecule is CC(C(=O)O)N1CCCC1=O.CC(C)c1ccc(N)cc1. The molecular weight excluding hydrogens is 268 g/mol. The van der Waals surface area contributed by atoms with Gasteiger partial charge >= 0.3 is 5.97 Å². The molecule has 0 aliphatic carbocycles. The molecule has 1 aromatic rings. The lowest BCUT2D eigenvalue weighted by atomic mass is 10.0. The molecule has 0 bridgehead atoms. The molecule has 116 valence electrons. The maximum atomic E-state index is 11.0. The molecule has 21 heavy (non-hydrogen) atoms. The zero-order valence-corrected chi connectivity index (χ0v) is 12.9. The number of nitrogens with two attached hydrogens (primary N) is 1. The van der Waals surface area contributed by atoms with Gasteiger partial charge in [-0.25, -0.2) is 4.79 Å². The van der Waals surface area contributed by atoms with E-state index >= 15 is 0 Å². The number of nitrogens with zero attached hydrogens (tertiary/aromatic N) is 1. The van der Waals surface area contributed by atoms with E-state index in [0.717, 1.165) is 12.1 Å². The number of likely N-dealkylation sites (tertiary alicyclic amines) is 1. The molecule has 0 radical (unpaired) electrons. The summed E-state index contributed by atoms with van der Waals surface area (Å²) in [5, 5.41) is 8.57. The molecule has 0 spiro atoms. The summed E-state index contributed by atoms with van der Waals surface area (Å²) >= 11 is 0. The van der Waals surface area contributed by atoms with Crippen molar-refractivity contribution in [1.82, 2.24) is 4.90 Å². The Morgan fingerprint density at radius 1 is 1.24 bits per heavy atom. The van der Waals surface area contributed by atoms with E-state index in [1.165, 1.54) is 17.4 Å². The summed E-state index contributed by atoms with van der Waals surface area (Å²) in [6, 6.07) is 7.36. The van der Waals surface area contributed by atoms with Crippen molar-refractivity contribution in [3.63, 3.8) is 0 Å². The van der Waals surface area contributed by atoms with Crippen LogP contribution in [0.3, 0.4) is 0 Å². The van der Waals surface area contributed by atoms with E-state index < -0.39 is 12.0 Å². The summed E-state index contributed by atoms with van der Waals surface area (Å²) in [4.78, 5) is 22.8. The van der Waals surface area contributed by atoms with Crippen LogP contribution in [0.25, 0.3) is 0 Å². The smallest absolute Gasteiger partial charge is 0.326 e. The number of rotatable bonds is 3. The fraction of sp³-hybridized carbons (Fsp3) is 0.500. The van der Waals surface area contributed by atoms with E-state index in [1.807, 2.05) is 12.1 Å². The van der Waals surface area contributed by atoms with Crippen LogP contribution in [0.2, 0.25) is 0 Å². The van der Waals surface area contributed by atoms with Crippen LogP contribution in [0, 0.1) is 0 Å². The fourth-order valence-corrected chi connectivity index (χ4v) is 2.09. The first kappa shape index (κ1) is 17.0. The van der Waals surface area contributed by atoms with Crippen LogP contribution in [0.1, 0.15) is 45.1 Å². The summed E-state index contributed by atoms with van der Waals surface area (Å²) in [6.45, 7) is 6.47. The Labute approximate surface area is 125 Å². The van der Waals surface area contributed by atoms with Gasteiger partial charge in [0, 0.05) is 18.7 Å². The first-order valence-electron chi connectivity index (χ1n) is 7.20. The van der Waals surface area contributed by atoms with Gasteiger partial charge in [0.15, 0.2) is 0 Å². The second-order valence-electron chi connectivity index (χ2n) is 5.53. The molecular formula is C16H24N2O3. The van der Waals surface area contributed by atoms with Gasteiger partial charge in [0.05, 0.1) is 0 Å². The molecule has 3 N–H and O–H groups in total. The summed E-state index contributed by atoms with van der Waals surface area (Å²) in [6.07, 6.45) is 1.29. The Balaban J connectivity index is 0.000000211. The Hall–Kier alpha value is -2.04. The van der Waals surface area contributed by atoms with Crippen LogP contribution in [-0.4, -0.2) is 34.5 Å². The van der Waals surface area contributed by atoms with Gasteiger partial charge in [-0.3, -0.25) is 4.79 Å². The van der Waals surface area contributed by atoms with Crippen molar-refractivity contribution >= 4 is 17.6 Å². The molecule has 0 aromatic heterocycles. The minimum absolute atomic E-state index is 0.0418. The number of benzene rings is 1. The summed E-state index contributed by atoms with van der Waals surface area (Å²) < 4.78 is 0.